The number of likely N-dealkylation sites (N-methyl/N-ethyl adjacent to an activating group) is 1. The van der Waals surface area contributed by atoms with Gasteiger partial charge in [-0.15, -0.1) is 0 Å². The predicted octanol–water partition coefficient (Wildman–Crippen LogP) is 3.47. The first-order valence-corrected chi connectivity index (χ1v) is 9.82. The van der Waals surface area contributed by atoms with E-state index in [-0.39, 0.29) is 12.5 Å². The summed E-state index contributed by atoms with van der Waals surface area (Å²) in [6.45, 7) is -0.00919. The lowest BCUT2D eigenvalue weighted by molar-refractivity contribution is -0.119. The zero-order chi connectivity index (χ0) is 21.8. The molecule has 31 heavy (non-hydrogen) atoms. The number of fused-ring (bicyclic) bond motifs is 1. The lowest BCUT2D eigenvalue weighted by atomic mass is 10.0. The van der Waals surface area contributed by atoms with Gasteiger partial charge in [-0.05, 0) is 12.1 Å². The summed E-state index contributed by atoms with van der Waals surface area (Å²) in [7, 11) is 1.65. The van der Waals surface area contributed by atoms with Gasteiger partial charge in [0.1, 0.15) is 5.82 Å². The third-order valence-electron chi connectivity index (χ3n) is 5.06. The smallest absolute Gasteiger partial charge is 0.317 e. The van der Waals surface area contributed by atoms with Crippen molar-refractivity contribution in [3.63, 3.8) is 0 Å². The number of urea groups is 1. The van der Waals surface area contributed by atoms with Crippen LogP contribution in [0.4, 0.5) is 14.9 Å². The maximum absolute atomic E-state index is 13.8. The van der Waals surface area contributed by atoms with E-state index in [1.54, 1.807) is 25.2 Å². The van der Waals surface area contributed by atoms with E-state index in [4.69, 9.17) is 0 Å². The Bertz CT molecular complexity index is 1150. The number of nitrogens with one attached hydrogen (secondary N) is 2. The molecular weight excluding hydrogens is 395 g/mol. The van der Waals surface area contributed by atoms with Gasteiger partial charge in [0.25, 0.3) is 5.91 Å². The van der Waals surface area contributed by atoms with Crippen LogP contribution in [0.1, 0.15) is 16.7 Å². The van der Waals surface area contributed by atoms with Crippen molar-refractivity contribution in [2.75, 3.05) is 11.9 Å². The van der Waals surface area contributed by atoms with Crippen LogP contribution in [0.3, 0.4) is 0 Å². The summed E-state index contributed by atoms with van der Waals surface area (Å²) in [5, 5.41) is 5.20. The number of anilines is 1. The third-order valence-corrected chi connectivity index (χ3v) is 5.06. The van der Waals surface area contributed by atoms with Crippen molar-refractivity contribution in [2.45, 2.75) is 12.7 Å². The molecule has 3 aromatic rings. The largest absolute Gasteiger partial charge is 0.334 e. The van der Waals surface area contributed by atoms with Crippen molar-refractivity contribution in [3.05, 3.63) is 101 Å². The van der Waals surface area contributed by atoms with E-state index in [1.807, 2.05) is 54.6 Å². The summed E-state index contributed by atoms with van der Waals surface area (Å²) in [5.41, 5.74) is 3.28. The van der Waals surface area contributed by atoms with Gasteiger partial charge in [0.05, 0.1) is 11.4 Å². The minimum Gasteiger partial charge on any atom is -0.334 e. The van der Waals surface area contributed by atoms with Crippen LogP contribution in [0.15, 0.2) is 83.9 Å². The first-order valence-electron chi connectivity index (χ1n) is 9.82. The number of benzene rings is 3. The standard InChI is InChI=1S/C24H21FN4O2/c1-29-20-14-8-6-12-18(20)21(16-9-3-2-4-10-16)27-22(23(29)30)28-24(31)26-15-17-11-5-7-13-19(17)25/h2-14,22H,15H2,1H3,(H2,26,28,31)/t22-/m0/s1. The fraction of sp³-hybridized carbons (Fsp3) is 0.125. The van der Waals surface area contributed by atoms with Crippen molar-refractivity contribution in [3.8, 4) is 0 Å². The molecule has 0 bridgehead atoms. The van der Waals surface area contributed by atoms with Crippen LogP contribution >= 0.6 is 0 Å². The van der Waals surface area contributed by atoms with Gasteiger partial charge in [0.2, 0.25) is 6.17 Å². The summed E-state index contributed by atoms with van der Waals surface area (Å²) >= 11 is 0. The van der Waals surface area contributed by atoms with Gasteiger partial charge in [0.15, 0.2) is 0 Å². The molecule has 0 fully saturated rings. The third kappa shape index (κ3) is 4.30. The number of carbonyl (C=O) groups excluding carboxylic acids is 2. The van der Waals surface area contributed by atoms with Crippen LogP contribution in [0.2, 0.25) is 0 Å². The Labute approximate surface area is 179 Å². The van der Waals surface area contributed by atoms with E-state index in [9.17, 15) is 14.0 Å². The molecule has 3 aromatic carbocycles. The monoisotopic (exact) mass is 416 g/mol. The summed E-state index contributed by atoms with van der Waals surface area (Å²) < 4.78 is 13.8. The number of rotatable bonds is 4. The first-order chi connectivity index (χ1) is 15.0. The molecule has 1 aliphatic rings. The van der Waals surface area contributed by atoms with Gasteiger partial charge in [-0.25, -0.2) is 14.2 Å². The topological polar surface area (TPSA) is 73.8 Å². The average Bonchev–Trinajstić information content (AvgIpc) is 2.90. The summed E-state index contributed by atoms with van der Waals surface area (Å²) in [6.07, 6.45) is -1.13. The molecule has 1 heterocycles. The highest BCUT2D eigenvalue weighted by molar-refractivity contribution is 6.20. The van der Waals surface area contributed by atoms with Crippen molar-refractivity contribution in [2.24, 2.45) is 4.99 Å². The molecule has 6 nitrogen and oxygen atoms in total. The molecule has 7 heteroatoms. The minimum absolute atomic E-state index is 0.00919. The molecule has 0 aromatic heterocycles. The second-order valence-electron chi connectivity index (χ2n) is 7.08. The van der Waals surface area contributed by atoms with Crippen LogP contribution in [-0.2, 0) is 11.3 Å². The normalized spacial score (nSPS) is 15.5. The number of aliphatic imine (C=N–C) groups is 1. The number of hydrogen-bond donors (Lipinski definition) is 2. The SMILES string of the molecule is CN1C(=O)[C@H](NC(=O)NCc2ccccc2F)N=C(c2ccccc2)c2ccccc21. The maximum Gasteiger partial charge on any atom is 0.317 e. The molecule has 2 N–H and O–H groups in total. The first kappa shape index (κ1) is 20.3. The van der Waals surface area contributed by atoms with Crippen molar-refractivity contribution >= 4 is 23.3 Å². The second-order valence-corrected chi connectivity index (χ2v) is 7.08. The van der Waals surface area contributed by atoms with Gasteiger partial charge >= 0.3 is 6.03 Å². The number of carbonyl (C=O) groups is 2. The number of hydrogen-bond acceptors (Lipinski definition) is 3. The summed E-state index contributed by atoms with van der Waals surface area (Å²) in [4.78, 5) is 31.7. The molecule has 0 aliphatic carbocycles. The quantitative estimate of drug-likeness (QED) is 0.684. The maximum atomic E-state index is 13.8. The zero-order valence-electron chi connectivity index (χ0n) is 16.9. The average molecular weight is 416 g/mol. The molecule has 156 valence electrons. The lowest BCUT2D eigenvalue weighted by Crippen LogP contribution is -2.49. The molecule has 4 rings (SSSR count). The molecule has 0 spiro atoms. The van der Waals surface area contributed by atoms with Crippen LogP contribution in [0.25, 0.3) is 0 Å². The van der Waals surface area contributed by atoms with Gasteiger partial charge in [-0.1, -0.05) is 66.7 Å². The predicted molar refractivity (Wildman–Crippen MR) is 117 cm³/mol. The van der Waals surface area contributed by atoms with Crippen LogP contribution in [0, 0.1) is 5.82 Å². The second kappa shape index (κ2) is 8.79. The minimum atomic E-state index is -1.13. The molecule has 0 saturated carbocycles. The number of amides is 3. The number of benzodiazepines with no additional fused rings is 1. The zero-order valence-corrected chi connectivity index (χ0v) is 16.9. The van der Waals surface area contributed by atoms with Crippen molar-refractivity contribution in [1.29, 1.82) is 0 Å². The number of nitrogens with zero attached hydrogens (tertiary/aromatic N) is 2. The van der Waals surface area contributed by atoms with Crippen molar-refractivity contribution in [1.82, 2.24) is 10.6 Å². The van der Waals surface area contributed by atoms with Gasteiger partial charge in [-0.3, -0.25) is 4.79 Å². The van der Waals surface area contributed by atoms with E-state index in [2.05, 4.69) is 15.6 Å². The molecule has 0 saturated heterocycles. The lowest BCUT2D eigenvalue weighted by Gasteiger charge is -2.21. The molecular formula is C24H21FN4O2. The fourth-order valence-corrected chi connectivity index (χ4v) is 3.43. The van der Waals surface area contributed by atoms with Crippen LogP contribution < -0.4 is 15.5 Å². The Morgan fingerprint density at radius 1 is 1.00 bits per heavy atom. The highest BCUT2D eigenvalue weighted by Crippen LogP contribution is 2.27. The van der Waals surface area contributed by atoms with E-state index >= 15 is 0 Å². The molecule has 0 unspecified atom stereocenters. The van der Waals surface area contributed by atoms with Crippen molar-refractivity contribution < 1.29 is 14.0 Å². The summed E-state index contributed by atoms with van der Waals surface area (Å²) in [6, 6.07) is 22.5. The molecule has 0 radical (unpaired) electrons. The number of para-hydroxylation sites is 1. The van der Waals surface area contributed by atoms with Crippen LogP contribution in [-0.4, -0.2) is 30.9 Å². The van der Waals surface area contributed by atoms with Crippen LogP contribution in [0.5, 0.6) is 0 Å². The highest BCUT2D eigenvalue weighted by Gasteiger charge is 2.30. The Kier molecular flexibility index (Phi) is 5.75. The van der Waals surface area contributed by atoms with E-state index in [0.29, 0.717) is 17.0 Å². The Morgan fingerprint density at radius 3 is 2.45 bits per heavy atom. The number of halogens is 1. The molecule has 1 atom stereocenters. The Balaban J connectivity index is 1.62. The van der Waals surface area contributed by atoms with Gasteiger partial charge in [-0.2, -0.15) is 0 Å². The highest BCUT2D eigenvalue weighted by atomic mass is 19.1. The van der Waals surface area contributed by atoms with Gasteiger partial charge in [0, 0.05) is 30.3 Å². The Morgan fingerprint density at radius 2 is 1.68 bits per heavy atom. The van der Waals surface area contributed by atoms with E-state index in [1.165, 1.54) is 11.0 Å². The van der Waals surface area contributed by atoms with E-state index in [0.717, 1.165) is 11.1 Å². The van der Waals surface area contributed by atoms with E-state index < -0.39 is 18.0 Å². The molecule has 1 aliphatic heterocycles. The molecule has 3 amide bonds. The van der Waals surface area contributed by atoms with Gasteiger partial charge < -0.3 is 15.5 Å². The fourth-order valence-electron chi connectivity index (χ4n) is 3.43. The Hall–Kier alpha value is -4.00. The summed E-state index contributed by atoms with van der Waals surface area (Å²) in [5.74, 6) is -0.785.